The quantitative estimate of drug-likeness (QED) is 0.648. The van der Waals surface area contributed by atoms with E-state index >= 15 is 0 Å². The van der Waals surface area contributed by atoms with E-state index in [9.17, 15) is 4.79 Å². The lowest BCUT2D eigenvalue weighted by Gasteiger charge is -2.29. The molecule has 1 saturated heterocycles. The number of ether oxygens (including phenoxy) is 1. The Labute approximate surface area is 91.8 Å². The van der Waals surface area contributed by atoms with Crippen LogP contribution in [0.3, 0.4) is 0 Å². The molecule has 0 aromatic carbocycles. The van der Waals surface area contributed by atoms with Gasteiger partial charge in [0, 0.05) is 32.0 Å². The van der Waals surface area contributed by atoms with Crippen LogP contribution in [0.2, 0.25) is 0 Å². The minimum absolute atomic E-state index is 0.311. The molecule has 3 nitrogen and oxygen atoms in total. The van der Waals surface area contributed by atoms with Crippen molar-refractivity contribution in [3.8, 4) is 0 Å². The van der Waals surface area contributed by atoms with Gasteiger partial charge in [-0.25, -0.2) is 0 Å². The first-order valence-corrected chi connectivity index (χ1v) is 6.19. The van der Waals surface area contributed by atoms with Gasteiger partial charge in [0.05, 0.1) is 13.2 Å². The Hall–Kier alpha value is -0.410. The second-order valence-electron chi connectivity index (χ2n) is 4.68. The lowest BCUT2D eigenvalue weighted by atomic mass is 9.98. The summed E-state index contributed by atoms with van der Waals surface area (Å²) in [4.78, 5) is 14.2. The maximum Gasteiger partial charge on any atom is 0.137 e. The van der Waals surface area contributed by atoms with Crippen molar-refractivity contribution in [3.05, 3.63) is 0 Å². The molecule has 1 heterocycles. The summed E-state index contributed by atoms with van der Waals surface area (Å²) < 4.78 is 5.31. The molecule has 2 rings (SSSR count). The van der Waals surface area contributed by atoms with Crippen molar-refractivity contribution in [2.45, 2.75) is 32.1 Å². The molecule has 0 aromatic heterocycles. The molecule has 2 aliphatic rings. The Bertz CT molecular complexity index is 212. The molecule has 1 saturated carbocycles. The highest BCUT2D eigenvalue weighted by Gasteiger charge is 2.23. The summed E-state index contributed by atoms with van der Waals surface area (Å²) in [6.45, 7) is 4.65. The van der Waals surface area contributed by atoms with Crippen LogP contribution in [-0.2, 0) is 9.53 Å². The van der Waals surface area contributed by atoms with Gasteiger partial charge >= 0.3 is 0 Å². The van der Waals surface area contributed by atoms with Gasteiger partial charge in [-0.05, 0) is 12.8 Å². The molecule has 1 atom stereocenters. The number of rotatable bonds is 2. The molecule has 0 radical (unpaired) electrons. The summed E-state index contributed by atoms with van der Waals surface area (Å²) in [6.07, 6.45) is 5.51. The fourth-order valence-corrected chi connectivity index (χ4v) is 2.52. The van der Waals surface area contributed by atoms with E-state index in [1.807, 2.05) is 0 Å². The van der Waals surface area contributed by atoms with E-state index in [0.717, 1.165) is 52.1 Å². The van der Waals surface area contributed by atoms with Gasteiger partial charge in [0.15, 0.2) is 0 Å². The molecule has 3 heteroatoms. The maximum absolute atomic E-state index is 11.8. The van der Waals surface area contributed by atoms with Crippen LogP contribution in [-0.4, -0.2) is 43.5 Å². The van der Waals surface area contributed by atoms with Crippen LogP contribution < -0.4 is 0 Å². The number of nitrogens with zero attached hydrogens (tertiary/aromatic N) is 1. The number of morpholine rings is 1. The van der Waals surface area contributed by atoms with Gasteiger partial charge < -0.3 is 4.74 Å². The Morgan fingerprint density at radius 3 is 2.80 bits per heavy atom. The van der Waals surface area contributed by atoms with Gasteiger partial charge in [0.2, 0.25) is 0 Å². The standard InChI is InChI=1S/C12H21NO2/c14-12-5-3-1-2-4-11(12)10-13-6-8-15-9-7-13/h11H,1-10H2. The summed E-state index contributed by atoms with van der Waals surface area (Å²) in [5, 5.41) is 0. The van der Waals surface area contributed by atoms with Crippen molar-refractivity contribution in [1.82, 2.24) is 4.90 Å². The molecule has 0 aromatic rings. The molecule has 1 unspecified atom stereocenters. The van der Waals surface area contributed by atoms with Crippen LogP contribution in [0.1, 0.15) is 32.1 Å². The van der Waals surface area contributed by atoms with Gasteiger partial charge in [-0.1, -0.05) is 12.8 Å². The Kier molecular flexibility index (Phi) is 4.15. The number of hydrogen-bond acceptors (Lipinski definition) is 3. The van der Waals surface area contributed by atoms with E-state index in [1.54, 1.807) is 0 Å². The lowest BCUT2D eigenvalue weighted by molar-refractivity contribution is -0.123. The topological polar surface area (TPSA) is 29.5 Å². The molecule has 15 heavy (non-hydrogen) atoms. The van der Waals surface area contributed by atoms with Crippen LogP contribution in [0.4, 0.5) is 0 Å². The van der Waals surface area contributed by atoms with Gasteiger partial charge in [-0.3, -0.25) is 9.69 Å². The zero-order valence-electron chi connectivity index (χ0n) is 9.41. The summed E-state index contributed by atoms with van der Waals surface area (Å²) in [6, 6.07) is 0. The van der Waals surface area contributed by atoms with Crippen LogP contribution in [0.5, 0.6) is 0 Å². The van der Waals surface area contributed by atoms with Gasteiger partial charge in [0.1, 0.15) is 5.78 Å². The molecule has 0 spiro atoms. The predicted molar refractivity (Wildman–Crippen MR) is 58.8 cm³/mol. The summed E-state index contributed by atoms with van der Waals surface area (Å²) in [7, 11) is 0. The molecule has 1 aliphatic carbocycles. The minimum Gasteiger partial charge on any atom is -0.379 e. The van der Waals surface area contributed by atoms with Gasteiger partial charge in [0.25, 0.3) is 0 Å². The second kappa shape index (κ2) is 5.61. The van der Waals surface area contributed by atoms with Crippen molar-refractivity contribution < 1.29 is 9.53 Å². The van der Waals surface area contributed by atoms with Crippen LogP contribution in [0.25, 0.3) is 0 Å². The minimum atomic E-state index is 0.311. The number of ketones is 1. The molecule has 0 N–H and O–H groups in total. The van der Waals surface area contributed by atoms with Crippen molar-refractivity contribution in [1.29, 1.82) is 0 Å². The maximum atomic E-state index is 11.8. The number of carbonyl (C=O) groups excluding carboxylic acids is 1. The van der Waals surface area contributed by atoms with Gasteiger partial charge in [-0.15, -0.1) is 0 Å². The largest absolute Gasteiger partial charge is 0.379 e. The average molecular weight is 211 g/mol. The van der Waals surface area contributed by atoms with Crippen molar-refractivity contribution in [2.24, 2.45) is 5.92 Å². The van der Waals surface area contributed by atoms with Crippen LogP contribution >= 0.6 is 0 Å². The molecule has 2 fully saturated rings. The van der Waals surface area contributed by atoms with E-state index in [4.69, 9.17) is 4.74 Å². The number of Topliss-reactive ketones (excluding diaryl/α,β-unsaturated/α-hetero) is 1. The molecule has 0 bridgehead atoms. The van der Waals surface area contributed by atoms with Crippen molar-refractivity contribution in [3.63, 3.8) is 0 Å². The summed E-state index contributed by atoms with van der Waals surface area (Å²) in [5.41, 5.74) is 0. The van der Waals surface area contributed by atoms with Gasteiger partial charge in [-0.2, -0.15) is 0 Å². The fourth-order valence-electron chi connectivity index (χ4n) is 2.52. The van der Waals surface area contributed by atoms with E-state index in [1.165, 1.54) is 12.8 Å². The number of carbonyl (C=O) groups is 1. The van der Waals surface area contributed by atoms with Crippen molar-refractivity contribution in [2.75, 3.05) is 32.8 Å². The first-order chi connectivity index (χ1) is 7.36. The SMILES string of the molecule is O=C1CCCCCC1CN1CCOCC1. The highest BCUT2D eigenvalue weighted by atomic mass is 16.5. The highest BCUT2D eigenvalue weighted by molar-refractivity contribution is 5.81. The summed E-state index contributed by atoms with van der Waals surface area (Å²) in [5.74, 6) is 0.810. The molecule has 86 valence electrons. The Balaban J connectivity index is 1.82. The Morgan fingerprint density at radius 1 is 1.20 bits per heavy atom. The number of hydrogen-bond donors (Lipinski definition) is 0. The highest BCUT2D eigenvalue weighted by Crippen LogP contribution is 2.21. The molecule has 1 aliphatic heterocycles. The Morgan fingerprint density at radius 2 is 2.00 bits per heavy atom. The fraction of sp³-hybridized carbons (Fsp3) is 0.917. The predicted octanol–water partition coefficient (Wildman–Crippen LogP) is 1.47. The monoisotopic (exact) mass is 211 g/mol. The first-order valence-electron chi connectivity index (χ1n) is 6.19. The zero-order chi connectivity index (χ0) is 10.5. The third-order valence-corrected chi connectivity index (χ3v) is 3.51. The van der Waals surface area contributed by atoms with E-state index < -0.39 is 0 Å². The molecule has 0 amide bonds. The third-order valence-electron chi connectivity index (χ3n) is 3.51. The molecular formula is C12H21NO2. The normalized spacial score (nSPS) is 30.1. The van der Waals surface area contributed by atoms with Crippen LogP contribution in [0.15, 0.2) is 0 Å². The average Bonchev–Trinajstić information content (AvgIpc) is 2.46. The lowest BCUT2D eigenvalue weighted by Crippen LogP contribution is -2.40. The smallest absolute Gasteiger partial charge is 0.137 e. The zero-order valence-corrected chi connectivity index (χ0v) is 9.41. The van der Waals surface area contributed by atoms with E-state index in [0.29, 0.717) is 11.7 Å². The van der Waals surface area contributed by atoms with E-state index in [2.05, 4.69) is 4.90 Å². The summed E-state index contributed by atoms with van der Waals surface area (Å²) >= 11 is 0. The van der Waals surface area contributed by atoms with Crippen LogP contribution in [0, 0.1) is 5.92 Å². The second-order valence-corrected chi connectivity index (χ2v) is 4.68. The first kappa shape index (κ1) is 11.1. The van der Waals surface area contributed by atoms with E-state index in [-0.39, 0.29) is 0 Å². The van der Waals surface area contributed by atoms with Crippen molar-refractivity contribution >= 4 is 5.78 Å². The third kappa shape index (κ3) is 3.28. The molecular weight excluding hydrogens is 190 g/mol.